The molecule has 0 saturated carbocycles. The Hall–Kier alpha value is -1.04. The van der Waals surface area contributed by atoms with Crippen LogP contribution < -0.4 is 5.32 Å². The maximum Gasteiger partial charge on any atom is 0.129 e. The van der Waals surface area contributed by atoms with E-state index in [9.17, 15) is 13.9 Å². The van der Waals surface area contributed by atoms with Gasteiger partial charge in [-0.2, -0.15) is 0 Å². The zero-order chi connectivity index (χ0) is 15.0. The van der Waals surface area contributed by atoms with Crippen molar-refractivity contribution >= 4 is 0 Å². The van der Waals surface area contributed by atoms with Gasteiger partial charge in [0.05, 0.1) is 12.2 Å². The van der Waals surface area contributed by atoms with E-state index in [0.29, 0.717) is 13.2 Å². The SMILES string of the molecule is CC(C)OCCCCNCC(O)c1cc(F)ccc1F. The van der Waals surface area contributed by atoms with E-state index in [0.717, 1.165) is 31.0 Å². The molecule has 0 bridgehead atoms. The van der Waals surface area contributed by atoms with E-state index in [2.05, 4.69) is 5.32 Å². The van der Waals surface area contributed by atoms with Gasteiger partial charge in [0, 0.05) is 18.7 Å². The van der Waals surface area contributed by atoms with Crippen LogP contribution in [0.2, 0.25) is 0 Å². The number of nitrogens with one attached hydrogen (secondary N) is 1. The van der Waals surface area contributed by atoms with E-state index >= 15 is 0 Å². The van der Waals surface area contributed by atoms with E-state index in [1.54, 1.807) is 0 Å². The first-order valence-corrected chi connectivity index (χ1v) is 6.96. The third-order valence-electron chi connectivity index (χ3n) is 2.85. The highest BCUT2D eigenvalue weighted by molar-refractivity contribution is 5.21. The van der Waals surface area contributed by atoms with Gasteiger partial charge in [-0.25, -0.2) is 8.78 Å². The van der Waals surface area contributed by atoms with Crippen LogP contribution in [-0.4, -0.2) is 30.9 Å². The molecule has 0 saturated heterocycles. The molecule has 0 radical (unpaired) electrons. The van der Waals surface area contributed by atoms with E-state index in [4.69, 9.17) is 4.74 Å². The second-order valence-electron chi connectivity index (χ2n) is 5.01. The van der Waals surface area contributed by atoms with Crippen molar-refractivity contribution in [3.63, 3.8) is 0 Å². The second-order valence-corrected chi connectivity index (χ2v) is 5.01. The lowest BCUT2D eigenvalue weighted by atomic mass is 10.1. The van der Waals surface area contributed by atoms with Crippen molar-refractivity contribution in [1.82, 2.24) is 5.32 Å². The molecule has 0 amide bonds. The maximum absolute atomic E-state index is 13.4. The number of ether oxygens (including phenoxy) is 1. The van der Waals surface area contributed by atoms with Crippen molar-refractivity contribution in [2.45, 2.75) is 38.9 Å². The molecular weight excluding hydrogens is 264 g/mol. The highest BCUT2D eigenvalue weighted by Crippen LogP contribution is 2.17. The molecule has 0 aliphatic carbocycles. The Morgan fingerprint density at radius 2 is 2.00 bits per heavy atom. The van der Waals surface area contributed by atoms with E-state index in [1.165, 1.54) is 0 Å². The van der Waals surface area contributed by atoms with Gasteiger partial charge >= 0.3 is 0 Å². The van der Waals surface area contributed by atoms with Gasteiger partial charge in [0.15, 0.2) is 0 Å². The smallest absolute Gasteiger partial charge is 0.129 e. The van der Waals surface area contributed by atoms with Gasteiger partial charge < -0.3 is 15.2 Å². The number of aliphatic hydroxyl groups is 1. The first-order chi connectivity index (χ1) is 9.50. The van der Waals surface area contributed by atoms with Crippen molar-refractivity contribution in [2.24, 2.45) is 0 Å². The molecular formula is C15H23F2NO2. The molecule has 114 valence electrons. The average Bonchev–Trinajstić information content (AvgIpc) is 2.39. The summed E-state index contributed by atoms with van der Waals surface area (Å²) in [5.74, 6) is -1.14. The quantitative estimate of drug-likeness (QED) is 0.686. The fourth-order valence-corrected chi connectivity index (χ4v) is 1.79. The van der Waals surface area contributed by atoms with Crippen molar-refractivity contribution < 1.29 is 18.6 Å². The van der Waals surface area contributed by atoms with Gasteiger partial charge in [0.1, 0.15) is 11.6 Å². The number of halogens is 2. The van der Waals surface area contributed by atoms with Gasteiger partial charge in [0.2, 0.25) is 0 Å². The number of rotatable bonds is 9. The Morgan fingerprint density at radius 1 is 1.25 bits per heavy atom. The van der Waals surface area contributed by atoms with Gasteiger partial charge in [-0.05, 0) is 51.4 Å². The fourth-order valence-electron chi connectivity index (χ4n) is 1.79. The summed E-state index contributed by atoms with van der Waals surface area (Å²) in [6, 6.07) is 3.09. The molecule has 0 heterocycles. The molecule has 5 heteroatoms. The Bertz CT molecular complexity index is 399. The number of unbranched alkanes of at least 4 members (excludes halogenated alkanes) is 1. The van der Waals surface area contributed by atoms with Gasteiger partial charge in [0.25, 0.3) is 0 Å². The lowest BCUT2D eigenvalue weighted by Crippen LogP contribution is -2.23. The van der Waals surface area contributed by atoms with E-state index < -0.39 is 17.7 Å². The van der Waals surface area contributed by atoms with Crippen LogP contribution in [0.3, 0.4) is 0 Å². The Kier molecular flexibility index (Phi) is 7.65. The molecule has 1 atom stereocenters. The molecule has 1 unspecified atom stereocenters. The van der Waals surface area contributed by atoms with Crippen LogP contribution in [0, 0.1) is 11.6 Å². The summed E-state index contributed by atoms with van der Waals surface area (Å²) in [6.07, 6.45) is 1.03. The van der Waals surface area contributed by atoms with Crippen LogP contribution in [0.4, 0.5) is 8.78 Å². The van der Waals surface area contributed by atoms with Crippen molar-refractivity contribution in [3.05, 3.63) is 35.4 Å². The molecule has 0 aliphatic heterocycles. The summed E-state index contributed by atoms with van der Waals surface area (Å²) in [7, 11) is 0. The molecule has 0 aromatic heterocycles. The summed E-state index contributed by atoms with van der Waals surface area (Å²) in [5.41, 5.74) is -0.0133. The first kappa shape index (κ1) is 17.0. The monoisotopic (exact) mass is 287 g/mol. The lowest BCUT2D eigenvalue weighted by Gasteiger charge is -2.13. The largest absolute Gasteiger partial charge is 0.387 e. The van der Waals surface area contributed by atoms with Crippen molar-refractivity contribution in [1.29, 1.82) is 0 Å². The summed E-state index contributed by atoms with van der Waals surface area (Å²) >= 11 is 0. The van der Waals surface area contributed by atoms with E-state index in [-0.39, 0.29) is 18.2 Å². The zero-order valence-corrected chi connectivity index (χ0v) is 12.0. The molecule has 3 nitrogen and oxygen atoms in total. The van der Waals surface area contributed by atoms with Gasteiger partial charge in [-0.3, -0.25) is 0 Å². The standard InChI is InChI=1S/C15H23F2NO2/c1-11(2)20-8-4-3-7-18-10-15(19)13-9-12(16)5-6-14(13)17/h5-6,9,11,15,18-19H,3-4,7-8,10H2,1-2H3. The third-order valence-corrected chi connectivity index (χ3v) is 2.85. The molecule has 0 fully saturated rings. The molecule has 2 N–H and O–H groups in total. The topological polar surface area (TPSA) is 41.5 Å². The van der Waals surface area contributed by atoms with E-state index in [1.807, 2.05) is 13.8 Å². The highest BCUT2D eigenvalue weighted by atomic mass is 19.1. The van der Waals surface area contributed by atoms with Crippen LogP contribution in [-0.2, 0) is 4.74 Å². The van der Waals surface area contributed by atoms with Crippen LogP contribution in [0.1, 0.15) is 38.4 Å². The Balaban J connectivity index is 2.20. The molecule has 0 spiro atoms. The minimum Gasteiger partial charge on any atom is -0.387 e. The fraction of sp³-hybridized carbons (Fsp3) is 0.600. The highest BCUT2D eigenvalue weighted by Gasteiger charge is 2.13. The van der Waals surface area contributed by atoms with Gasteiger partial charge in [-0.15, -0.1) is 0 Å². The van der Waals surface area contributed by atoms with Crippen LogP contribution in [0.25, 0.3) is 0 Å². The molecule has 0 aliphatic rings. The maximum atomic E-state index is 13.4. The van der Waals surface area contributed by atoms with Gasteiger partial charge in [-0.1, -0.05) is 0 Å². The van der Waals surface area contributed by atoms with Crippen molar-refractivity contribution in [2.75, 3.05) is 19.7 Å². The first-order valence-electron chi connectivity index (χ1n) is 6.96. The Morgan fingerprint density at radius 3 is 2.70 bits per heavy atom. The number of aliphatic hydroxyl groups excluding tert-OH is 1. The normalized spacial score (nSPS) is 12.9. The zero-order valence-electron chi connectivity index (χ0n) is 12.0. The summed E-state index contributed by atoms with van der Waals surface area (Å²) < 4.78 is 31.8. The van der Waals surface area contributed by atoms with Crippen LogP contribution >= 0.6 is 0 Å². The average molecular weight is 287 g/mol. The minimum absolute atomic E-state index is 0.0133. The van der Waals surface area contributed by atoms with Crippen LogP contribution in [0.15, 0.2) is 18.2 Å². The predicted molar refractivity (Wildman–Crippen MR) is 74.5 cm³/mol. The van der Waals surface area contributed by atoms with Crippen molar-refractivity contribution in [3.8, 4) is 0 Å². The summed E-state index contributed by atoms with van der Waals surface area (Å²) in [5, 5.41) is 12.8. The number of benzene rings is 1. The summed E-state index contributed by atoms with van der Waals surface area (Å²) in [4.78, 5) is 0. The molecule has 1 aromatic rings. The summed E-state index contributed by atoms with van der Waals surface area (Å²) in [6.45, 7) is 5.59. The Labute approximate surface area is 119 Å². The third kappa shape index (κ3) is 6.41. The molecule has 1 rings (SSSR count). The number of hydrogen-bond acceptors (Lipinski definition) is 3. The molecule has 20 heavy (non-hydrogen) atoms. The predicted octanol–water partition coefficient (Wildman–Crippen LogP) is 2.79. The molecule has 1 aromatic carbocycles. The van der Waals surface area contributed by atoms with Crippen LogP contribution in [0.5, 0.6) is 0 Å². The lowest BCUT2D eigenvalue weighted by molar-refractivity contribution is 0.0758. The second kappa shape index (κ2) is 9.00. The minimum atomic E-state index is -1.04. The number of hydrogen-bond donors (Lipinski definition) is 2.